The number of rotatable bonds is 6. The van der Waals surface area contributed by atoms with Crippen LogP contribution in [-0.2, 0) is 12.3 Å². The Bertz CT molecular complexity index is 503. The Morgan fingerprint density at radius 1 is 1.26 bits per heavy atom. The van der Waals surface area contributed by atoms with Crippen LogP contribution in [0.3, 0.4) is 0 Å². The molecule has 0 spiro atoms. The van der Waals surface area contributed by atoms with Gasteiger partial charge in [0, 0.05) is 23.2 Å². The van der Waals surface area contributed by atoms with Gasteiger partial charge >= 0.3 is 0 Å². The molecule has 2 nitrogen and oxygen atoms in total. The maximum atomic E-state index is 5.61. The summed E-state index contributed by atoms with van der Waals surface area (Å²) in [6.45, 7) is 5.09. The summed E-state index contributed by atoms with van der Waals surface area (Å²) in [6, 6.07) is 8.34. The Morgan fingerprint density at radius 2 is 2.00 bits per heavy atom. The van der Waals surface area contributed by atoms with Crippen LogP contribution in [0.1, 0.15) is 24.4 Å². The smallest absolute Gasteiger partial charge is 0.103 e. The summed E-state index contributed by atoms with van der Waals surface area (Å²) in [5.41, 5.74) is 9.02. The Morgan fingerprint density at radius 3 is 2.63 bits per heavy atom. The average Bonchev–Trinajstić information content (AvgIpc) is 2.87. The molecule has 1 aromatic carbocycles. The lowest BCUT2D eigenvalue weighted by Gasteiger charge is -2.02. The molecule has 0 aliphatic carbocycles. The van der Waals surface area contributed by atoms with Gasteiger partial charge in [-0.05, 0) is 17.2 Å². The van der Waals surface area contributed by atoms with E-state index >= 15 is 0 Å². The van der Waals surface area contributed by atoms with E-state index in [4.69, 9.17) is 10.7 Å². The molecule has 0 bridgehead atoms. The third-order valence-electron chi connectivity index (χ3n) is 2.71. The zero-order chi connectivity index (χ0) is 13.7. The lowest BCUT2D eigenvalue weighted by molar-refractivity contribution is 0.750. The highest BCUT2D eigenvalue weighted by Gasteiger charge is 2.05. The molecule has 19 heavy (non-hydrogen) atoms. The molecule has 0 atom stereocenters. The van der Waals surface area contributed by atoms with Crippen LogP contribution < -0.4 is 5.73 Å². The van der Waals surface area contributed by atoms with Gasteiger partial charge in [-0.15, -0.1) is 11.3 Å². The van der Waals surface area contributed by atoms with Crippen molar-refractivity contribution < 1.29 is 0 Å². The topological polar surface area (TPSA) is 38.9 Å². The van der Waals surface area contributed by atoms with Gasteiger partial charge < -0.3 is 5.73 Å². The number of hydrogen-bond donors (Lipinski definition) is 1. The Labute approximate surface area is 123 Å². The van der Waals surface area contributed by atoms with Crippen molar-refractivity contribution in [2.75, 3.05) is 5.75 Å². The van der Waals surface area contributed by atoms with Crippen LogP contribution in [0.4, 0.5) is 0 Å². The van der Waals surface area contributed by atoms with Gasteiger partial charge in [-0.25, -0.2) is 4.98 Å². The van der Waals surface area contributed by atoms with Crippen molar-refractivity contribution in [3.63, 3.8) is 0 Å². The van der Waals surface area contributed by atoms with Crippen LogP contribution in [0.5, 0.6) is 0 Å². The fraction of sp³-hybridized carbons (Fsp3) is 0.400. The summed E-state index contributed by atoms with van der Waals surface area (Å²) in [4.78, 5) is 4.70. The van der Waals surface area contributed by atoms with Crippen LogP contribution >= 0.6 is 23.1 Å². The van der Waals surface area contributed by atoms with Crippen molar-refractivity contribution in [3.05, 3.63) is 40.2 Å². The summed E-state index contributed by atoms with van der Waals surface area (Å²) in [5.74, 6) is 2.96. The SMILES string of the molecule is CC(C)CSCc1nc(-c2ccc(CN)cc2)cs1. The molecule has 0 unspecified atom stereocenters. The zero-order valence-electron chi connectivity index (χ0n) is 11.4. The van der Waals surface area contributed by atoms with E-state index < -0.39 is 0 Å². The second-order valence-corrected chi connectivity index (χ2v) is 6.91. The highest BCUT2D eigenvalue weighted by atomic mass is 32.2. The summed E-state index contributed by atoms with van der Waals surface area (Å²) in [5, 5.41) is 3.35. The molecule has 1 aromatic heterocycles. The first-order chi connectivity index (χ1) is 9.19. The molecular formula is C15H20N2S2. The molecule has 2 rings (SSSR count). The molecule has 4 heteroatoms. The fourth-order valence-electron chi connectivity index (χ4n) is 1.70. The number of thiazole rings is 1. The van der Waals surface area contributed by atoms with Gasteiger partial charge in [0.15, 0.2) is 0 Å². The normalized spacial score (nSPS) is 11.2. The minimum atomic E-state index is 0.592. The van der Waals surface area contributed by atoms with Crippen LogP contribution in [0.2, 0.25) is 0 Å². The van der Waals surface area contributed by atoms with Gasteiger partial charge in [-0.2, -0.15) is 11.8 Å². The predicted molar refractivity (Wildman–Crippen MR) is 86.4 cm³/mol. The second kappa shape index (κ2) is 7.08. The fourth-order valence-corrected chi connectivity index (χ4v) is 3.64. The molecule has 1 heterocycles. The first-order valence-electron chi connectivity index (χ1n) is 6.50. The number of nitrogens with zero attached hydrogens (tertiary/aromatic N) is 1. The van der Waals surface area contributed by atoms with E-state index in [-0.39, 0.29) is 0 Å². The zero-order valence-corrected chi connectivity index (χ0v) is 13.1. The Hall–Kier alpha value is -0.840. The molecule has 102 valence electrons. The monoisotopic (exact) mass is 292 g/mol. The summed E-state index contributed by atoms with van der Waals surface area (Å²) in [6.07, 6.45) is 0. The molecule has 2 aromatic rings. The highest BCUT2D eigenvalue weighted by molar-refractivity contribution is 7.98. The molecule has 0 fully saturated rings. The quantitative estimate of drug-likeness (QED) is 0.869. The molecule has 0 radical (unpaired) electrons. The van der Waals surface area contributed by atoms with Crippen LogP contribution in [0.15, 0.2) is 29.6 Å². The van der Waals surface area contributed by atoms with E-state index in [0.717, 1.165) is 22.9 Å². The van der Waals surface area contributed by atoms with Crippen molar-refractivity contribution in [1.82, 2.24) is 4.98 Å². The molecular weight excluding hydrogens is 272 g/mol. The van der Waals surface area contributed by atoms with E-state index in [1.807, 2.05) is 11.8 Å². The van der Waals surface area contributed by atoms with Crippen molar-refractivity contribution in [3.8, 4) is 11.3 Å². The number of nitrogens with two attached hydrogens (primary N) is 1. The van der Waals surface area contributed by atoms with E-state index in [0.29, 0.717) is 6.54 Å². The lowest BCUT2D eigenvalue weighted by Crippen LogP contribution is -1.95. The van der Waals surface area contributed by atoms with Crippen LogP contribution in [0, 0.1) is 5.92 Å². The summed E-state index contributed by atoms with van der Waals surface area (Å²) >= 11 is 3.71. The number of benzene rings is 1. The van der Waals surface area contributed by atoms with Gasteiger partial charge in [0.2, 0.25) is 0 Å². The first kappa shape index (κ1) is 14.6. The van der Waals surface area contributed by atoms with E-state index in [2.05, 4.69) is 43.5 Å². The average molecular weight is 292 g/mol. The van der Waals surface area contributed by atoms with Crippen molar-refractivity contribution >= 4 is 23.1 Å². The van der Waals surface area contributed by atoms with Crippen LogP contribution in [0.25, 0.3) is 11.3 Å². The van der Waals surface area contributed by atoms with E-state index in [1.54, 1.807) is 11.3 Å². The van der Waals surface area contributed by atoms with Gasteiger partial charge in [0.25, 0.3) is 0 Å². The summed E-state index contributed by atoms with van der Waals surface area (Å²) in [7, 11) is 0. The molecule has 0 amide bonds. The van der Waals surface area contributed by atoms with Crippen molar-refractivity contribution in [2.24, 2.45) is 11.7 Å². The van der Waals surface area contributed by atoms with Gasteiger partial charge in [-0.3, -0.25) is 0 Å². The third kappa shape index (κ3) is 4.34. The molecule has 0 aliphatic rings. The van der Waals surface area contributed by atoms with Gasteiger partial charge in [0.1, 0.15) is 5.01 Å². The van der Waals surface area contributed by atoms with Crippen molar-refractivity contribution in [1.29, 1.82) is 0 Å². The predicted octanol–water partition coefficient (Wildman–Crippen LogP) is 4.16. The first-order valence-corrected chi connectivity index (χ1v) is 8.54. The Balaban J connectivity index is 1.99. The number of hydrogen-bond acceptors (Lipinski definition) is 4. The number of aromatic nitrogens is 1. The van der Waals surface area contributed by atoms with E-state index in [1.165, 1.54) is 16.3 Å². The maximum Gasteiger partial charge on any atom is 0.103 e. The van der Waals surface area contributed by atoms with Crippen LogP contribution in [-0.4, -0.2) is 10.7 Å². The van der Waals surface area contributed by atoms with Gasteiger partial charge in [0.05, 0.1) is 5.69 Å². The summed E-state index contributed by atoms with van der Waals surface area (Å²) < 4.78 is 0. The third-order valence-corrected chi connectivity index (χ3v) is 5.13. The molecule has 2 N–H and O–H groups in total. The largest absolute Gasteiger partial charge is 0.326 e. The molecule has 0 saturated carbocycles. The van der Waals surface area contributed by atoms with E-state index in [9.17, 15) is 0 Å². The minimum absolute atomic E-state index is 0.592. The van der Waals surface area contributed by atoms with Gasteiger partial charge in [-0.1, -0.05) is 38.1 Å². The minimum Gasteiger partial charge on any atom is -0.326 e. The highest BCUT2D eigenvalue weighted by Crippen LogP contribution is 2.25. The molecule has 0 saturated heterocycles. The maximum absolute atomic E-state index is 5.61. The van der Waals surface area contributed by atoms with Crippen molar-refractivity contribution in [2.45, 2.75) is 26.1 Å². The lowest BCUT2D eigenvalue weighted by atomic mass is 10.1. The molecule has 0 aliphatic heterocycles. The number of thioether (sulfide) groups is 1. The standard InChI is InChI=1S/C15H20N2S2/c1-11(2)8-18-10-15-17-14(9-19-15)13-5-3-12(7-16)4-6-13/h3-6,9,11H,7-8,10,16H2,1-2H3. The second-order valence-electron chi connectivity index (χ2n) is 4.94. The Kier molecular flexibility index (Phi) is 5.43.